The molecule has 8 aromatic carbocycles. The van der Waals surface area contributed by atoms with Gasteiger partial charge in [-0.25, -0.2) is 9.97 Å². The van der Waals surface area contributed by atoms with Crippen molar-refractivity contribution in [2.45, 2.75) is 0 Å². The number of aromatic nitrogens is 2. The molecule has 0 fully saturated rings. The number of benzene rings is 8. The second-order valence-corrected chi connectivity index (χ2v) is 12.2. The molecule has 0 aliphatic rings. The van der Waals surface area contributed by atoms with E-state index in [1.165, 1.54) is 49.0 Å². The van der Waals surface area contributed by atoms with E-state index < -0.39 is 0 Å². The minimum Gasteiger partial charge on any atom is -0.228 e. The van der Waals surface area contributed by atoms with Gasteiger partial charge >= 0.3 is 0 Å². The Morgan fingerprint density at radius 2 is 0.667 bits per heavy atom. The fraction of sp³-hybridized carbons (Fsp3) is 0. The van der Waals surface area contributed by atoms with E-state index in [9.17, 15) is 0 Å². The lowest BCUT2D eigenvalue weighted by molar-refractivity contribution is 1.18. The highest BCUT2D eigenvalue weighted by molar-refractivity contribution is 6.25. The molecular weight excluding hydrogens is 581 g/mol. The van der Waals surface area contributed by atoms with Gasteiger partial charge in [0.05, 0.1) is 11.4 Å². The maximum atomic E-state index is 5.09. The first-order chi connectivity index (χ1) is 23.8. The van der Waals surface area contributed by atoms with Crippen molar-refractivity contribution in [3.63, 3.8) is 0 Å². The lowest BCUT2D eigenvalue weighted by Crippen LogP contribution is -1.96. The summed E-state index contributed by atoms with van der Waals surface area (Å²) in [4.78, 5) is 10.2. The highest BCUT2D eigenvalue weighted by Crippen LogP contribution is 2.40. The Hall–Kier alpha value is -6.38. The second kappa shape index (κ2) is 11.8. The van der Waals surface area contributed by atoms with E-state index in [2.05, 4.69) is 170 Å². The Morgan fingerprint density at radius 3 is 1.23 bits per heavy atom. The molecule has 0 unspecified atom stereocenters. The third-order valence-corrected chi connectivity index (χ3v) is 9.28. The van der Waals surface area contributed by atoms with E-state index >= 15 is 0 Å². The molecule has 9 rings (SSSR count). The number of nitrogens with zero attached hydrogens (tertiary/aromatic N) is 2. The molecule has 224 valence electrons. The van der Waals surface area contributed by atoms with Crippen molar-refractivity contribution in [3.05, 3.63) is 182 Å². The van der Waals surface area contributed by atoms with Crippen LogP contribution in [0.3, 0.4) is 0 Å². The van der Waals surface area contributed by atoms with Crippen LogP contribution >= 0.6 is 0 Å². The predicted octanol–water partition coefficient (Wildman–Crippen LogP) is 12.3. The Bertz CT molecular complexity index is 2510. The van der Waals surface area contributed by atoms with Gasteiger partial charge in [0, 0.05) is 16.7 Å². The van der Waals surface area contributed by atoms with Crippen molar-refractivity contribution in [1.82, 2.24) is 9.97 Å². The number of hydrogen-bond donors (Lipinski definition) is 0. The van der Waals surface area contributed by atoms with Gasteiger partial charge < -0.3 is 0 Å². The van der Waals surface area contributed by atoms with Crippen molar-refractivity contribution < 1.29 is 0 Å². The topological polar surface area (TPSA) is 25.8 Å². The van der Waals surface area contributed by atoms with Crippen LogP contribution in [0.1, 0.15) is 0 Å². The fourth-order valence-corrected chi connectivity index (χ4v) is 6.98. The van der Waals surface area contributed by atoms with Crippen LogP contribution in [-0.2, 0) is 0 Å². The van der Waals surface area contributed by atoms with E-state index in [-0.39, 0.29) is 0 Å². The molecule has 2 nitrogen and oxygen atoms in total. The van der Waals surface area contributed by atoms with Gasteiger partial charge in [0.25, 0.3) is 0 Å². The van der Waals surface area contributed by atoms with Crippen molar-refractivity contribution in [2.24, 2.45) is 0 Å². The van der Waals surface area contributed by atoms with Gasteiger partial charge in [-0.2, -0.15) is 0 Å². The first kappa shape index (κ1) is 27.9. The van der Waals surface area contributed by atoms with Crippen LogP contribution in [0.25, 0.3) is 88.5 Å². The molecule has 0 bridgehead atoms. The maximum Gasteiger partial charge on any atom is 0.160 e. The summed E-state index contributed by atoms with van der Waals surface area (Å²) in [5.74, 6) is 0.707. The highest BCUT2D eigenvalue weighted by atomic mass is 14.9. The van der Waals surface area contributed by atoms with Gasteiger partial charge in [-0.3, -0.25) is 0 Å². The summed E-state index contributed by atoms with van der Waals surface area (Å²) in [5, 5.41) is 7.68. The van der Waals surface area contributed by atoms with Crippen LogP contribution in [0.5, 0.6) is 0 Å². The quantitative estimate of drug-likeness (QED) is 0.181. The minimum absolute atomic E-state index is 0.707. The lowest BCUT2D eigenvalue weighted by Gasteiger charge is -2.15. The number of fused-ring (bicyclic) bond motifs is 6. The highest BCUT2D eigenvalue weighted by Gasteiger charge is 2.15. The predicted molar refractivity (Wildman–Crippen MR) is 202 cm³/mol. The van der Waals surface area contributed by atoms with E-state index in [0.717, 1.165) is 33.6 Å². The summed E-state index contributed by atoms with van der Waals surface area (Å²) >= 11 is 0. The molecule has 0 saturated carbocycles. The molecule has 1 heterocycles. The zero-order chi connectivity index (χ0) is 31.9. The zero-order valence-corrected chi connectivity index (χ0v) is 26.2. The molecule has 0 radical (unpaired) electrons. The summed E-state index contributed by atoms with van der Waals surface area (Å²) in [6.45, 7) is 0. The lowest BCUT2D eigenvalue weighted by atomic mass is 9.89. The molecule has 2 heteroatoms. The van der Waals surface area contributed by atoms with Gasteiger partial charge in [-0.05, 0) is 72.8 Å². The summed E-state index contributed by atoms with van der Waals surface area (Å²) in [5.41, 5.74) is 9.60. The molecular formula is C46H30N2. The zero-order valence-electron chi connectivity index (χ0n) is 26.2. The standard InChI is InChI=1S/C46H30N2/c1-3-14-31(15-4-1)44-30-45(32-16-5-2-6-17-32)48-46(47-44)35-19-13-18-33(28-35)36-20-7-8-21-37(36)34-26-27-42-40-24-10-9-22-38(40)39-23-11-12-25-41(39)43(42)29-34/h1-30H. The average Bonchev–Trinajstić information content (AvgIpc) is 3.18. The normalized spacial score (nSPS) is 11.3. The molecule has 0 amide bonds. The first-order valence-corrected chi connectivity index (χ1v) is 16.3. The van der Waals surface area contributed by atoms with E-state index in [1.54, 1.807) is 0 Å². The molecule has 9 aromatic rings. The molecule has 0 N–H and O–H groups in total. The fourth-order valence-electron chi connectivity index (χ4n) is 6.98. The van der Waals surface area contributed by atoms with Gasteiger partial charge in [0.2, 0.25) is 0 Å². The van der Waals surface area contributed by atoms with Crippen molar-refractivity contribution >= 4 is 32.3 Å². The Morgan fingerprint density at radius 1 is 0.250 bits per heavy atom. The van der Waals surface area contributed by atoms with Crippen LogP contribution in [0.15, 0.2) is 182 Å². The molecule has 48 heavy (non-hydrogen) atoms. The second-order valence-electron chi connectivity index (χ2n) is 12.2. The largest absolute Gasteiger partial charge is 0.228 e. The van der Waals surface area contributed by atoms with E-state index in [0.29, 0.717) is 5.82 Å². The van der Waals surface area contributed by atoms with Crippen LogP contribution in [0, 0.1) is 0 Å². The van der Waals surface area contributed by atoms with E-state index in [4.69, 9.17) is 9.97 Å². The summed E-state index contributed by atoms with van der Waals surface area (Å²) in [6, 6.07) is 64.5. The minimum atomic E-state index is 0.707. The smallest absolute Gasteiger partial charge is 0.160 e. The SMILES string of the molecule is c1ccc(-c2cc(-c3ccccc3)nc(-c3cccc(-c4ccccc4-c4ccc5c6ccccc6c6ccccc6c5c4)c3)n2)cc1. The van der Waals surface area contributed by atoms with Crippen LogP contribution in [0.2, 0.25) is 0 Å². The van der Waals surface area contributed by atoms with Crippen LogP contribution in [-0.4, -0.2) is 9.97 Å². The third kappa shape index (κ3) is 4.92. The molecule has 0 saturated heterocycles. The Labute approximate surface area is 279 Å². The molecule has 0 atom stereocenters. The van der Waals surface area contributed by atoms with E-state index in [1.807, 2.05) is 12.1 Å². The van der Waals surface area contributed by atoms with Crippen LogP contribution < -0.4 is 0 Å². The molecule has 0 aliphatic heterocycles. The van der Waals surface area contributed by atoms with Gasteiger partial charge in [0.1, 0.15) is 0 Å². The summed E-state index contributed by atoms with van der Waals surface area (Å²) in [6.07, 6.45) is 0. The van der Waals surface area contributed by atoms with Crippen molar-refractivity contribution in [2.75, 3.05) is 0 Å². The summed E-state index contributed by atoms with van der Waals surface area (Å²) < 4.78 is 0. The maximum absolute atomic E-state index is 5.09. The van der Waals surface area contributed by atoms with Crippen LogP contribution in [0.4, 0.5) is 0 Å². The Balaban J connectivity index is 1.19. The Kier molecular flexibility index (Phi) is 6.84. The third-order valence-electron chi connectivity index (χ3n) is 9.28. The number of hydrogen-bond acceptors (Lipinski definition) is 2. The van der Waals surface area contributed by atoms with Gasteiger partial charge in [0.15, 0.2) is 5.82 Å². The molecule has 0 aliphatic carbocycles. The van der Waals surface area contributed by atoms with Gasteiger partial charge in [-0.1, -0.05) is 164 Å². The van der Waals surface area contributed by atoms with Crippen molar-refractivity contribution in [1.29, 1.82) is 0 Å². The number of rotatable bonds is 5. The summed E-state index contributed by atoms with van der Waals surface area (Å²) in [7, 11) is 0. The van der Waals surface area contributed by atoms with Gasteiger partial charge in [-0.15, -0.1) is 0 Å². The molecule has 0 spiro atoms. The van der Waals surface area contributed by atoms with Crippen molar-refractivity contribution in [3.8, 4) is 56.2 Å². The first-order valence-electron chi connectivity index (χ1n) is 16.3. The monoisotopic (exact) mass is 610 g/mol. The average molecular weight is 611 g/mol. The molecule has 1 aromatic heterocycles.